The van der Waals surface area contributed by atoms with Crippen molar-refractivity contribution in [3.05, 3.63) is 94.8 Å². The molecule has 0 radical (unpaired) electrons. The summed E-state index contributed by atoms with van der Waals surface area (Å²) in [5.41, 5.74) is 1.91. The van der Waals surface area contributed by atoms with E-state index in [1.54, 1.807) is 66.7 Å². The average Bonchev–Trinajstić information content (AvgIpc) is 2.73. The van der Waals surface area contributed by atoms with Crippen LogP contribution in [0.1, 0.15) is 22.3 Å². The minimum Gasteiger partial charge on any atom is -0.489 e. The third-order valence-corrected chi connectivity index (χ3v) is 3.91. The summed E-state index contributed by atoms with van der Waals surface area (Å²) in [5, 5.41) is 17.6. The molecule has 132 valence electrons. The van der Waals surface area contributed by atoms with E-state index >= 15 is 0 Å². The van der Waals surface area contributed by atoms with E-state index in [1.807, 2.05) is 12.1 Å². The maximum absolute atomic E-state index is 14.7. The third kappa shape index (κ3) is 4.62. The molecule has 0 N–H and O–H groups in total. The molecule has 5 heteroatoms. The number of benzene rings is 3. The summed E-state index contributed by atoms with van der Waals surface area (Å²) in [5.74, 6) is 0.750. The van der Waals surface area contributed by atoms with E-state index in [4.69, 9.17) is 20.0 Å². The van der Waals surface area contributed by atoms with Gasteiger partial charge in [0.05, 0.1) is 23.3 Å². The first kappa shape index (κ1) is 18.0. The van der Waals surface area contributed by atoms with Crippen molar-refractivity contribution in [1.82, 2.24) is 0 Å². The van der Waals surface area contributed by atoms with Crippen LogP contribution in [0.25, 0.3) is 0 Å². The largest absolute Gasteiger partial charge is 0.489 e. The lowest BCUT2D eigenvalue weighted by Gasteiger charge is -2.11. The smallest absolute Gasteiger partial charge is 0.136 e. The zero-order chi connectivity index (χ0) is 19.1. The molecule has 3 aromatic carbocycles. The molecule has 3 rings (SSSR count). The number of rotatable bonds is 6. The lowest BCUT2D eigenvalue weighted by Crippen LogP contribution is -2.04. The molecular weight excluding hydrogens is 343 g/mol. The predicted molar refractivity (Wildman–Crippen MR) is 97.4 cm³/mol. The maximum Gasteiger partial charge on any atom is 0.136 e. The zero-order valence-electron chi connectivity index (χ0n) is 14.4. The van der Waals surface area contributed by atoms with Gasteiger partial charge in [0.15, 0.2) is 0 Å². The molecule has 0 aliphatic rings. The Kier molecular flexibility index (Phi) is 5.67. The van der Waals surface area contributed by atoms with E-state index in [9.17, 15) is 4.39 Å². The van der Waals surface area contributed by atoms with Crippen LogP contribution in [-0.2, 0) is 13.2 Å². The van der Waals surface area contributed by atoms with Crippen molar-refractivity contribution < 1.29 is 13.9 Å². The summed E-state index contributed by atoms with van der Waals surface area (Å²) < 4.78 is 25.9. The van der Waals surface area contributed by atoms with Crippen LogP contribution in [-0.4, -0.2) is 0 Å². The molecular formula is C22H15FN2O2. The van der Waals surface area contributed by atoms with Gasteiger partial charge in [-0.15, -0.1) is 0 Å². The first-order valence-corrected chi connectivity index (χ1v) is 8.22. The van der Waals surface area contributed by atoms with Crippen molar-refractivity contribution in [3.63, 3.8) is 0 Å². The zero-order valence-corrected chi connectivity index (χ0v) is 14.4. The van der Waals surface area contributed by atoms with Gasteiger partial charge in [-0.05, 0) is 48.5 Å². The second kappa shape index (κ2) is 8.51. The first-order valence-electron chi connectivity index (χ1n) is 8.22. The van der Waals surface area contributed by atoms with Gasteiger partial charge >= 0.3 is 0 Å². The first-order chi connectivity index (χ1) is 13.2. The minimum absolute atomic E-state index is 0.0719. The van der Waals surface area contributed by atoms with Crippen molar-refractivity contribution in [2.24, 2.45) is 0 Å². The van der Waals surface area contributed by atoms with Gasteiger partial charge in [0.2, 0.25) is 0 Å². The number of nitrogens with zero attached hydrogens (tertiary/aromatic N) is 2. The van der Waals surface area contributed by atoms with Crippen LogP contribution in [0.4, 0.5) is 4.39 Å². The highest BCUT2D eigenvalue weighted by Crippen LogP contribution is 2.20. The Bertz CT molecular complexity index is 921. The van der Waals surface area contributed by atoms with Gasteiger partial charge in [-0.1, -0.05) is 18.2 Å². The third-order valence-electron chi connectivity index (χ3n) is 3.91. The van der Waals surface area contributed by atoms with Gasteiger partial charge < -0.3 is 9.47 Å². The van der Waals surface area contributed by atoms with Gasteiger partial charge in [0.1, 0.15) is 30.5 Å². The van der Waals surface area contributed by atoms with Crippen molar-refractivity contribution in [2.75, 3.05) is 0 Å². The molecule has 0 heterocycles. The van der Waals surface area contributed by atoms with Crippen LogP contribution in [0, 0.1) is 28.5 Å². The molecule has 0 saturated heterocycles. The van der Waals surface area contributed by atoms with Gasteiger partial charge in [0.25, 0.3) is 0 Å². The molecule has 0 spiro atoms. The highest BCUT2D eigenvalue weighted by atomic mass is 19.1. The summed E-state index contributed by atoms with van der Waals surface area (Å²) in [6, 6.07) is 22.4. The Morgan fingerprint density at radius 1 is 0.667 bits per heavy atom. The number of hydrogen-bond donors (Lipinski definition) is 0. The SMILES string of the molecule is N#Cc1ccc(OCc2cccc(COc3ccc(C#N)cc3)c2F)cc1. The normalized spacial score (nSPS) is 9.89. The lowest BCUT2D eigenvalue weighted by molar-refractivity contribution is 0.287. The van der Waals surface area contributed by atoms with Crippen LogP contribution in [0.5, 0.6) is 11.5 Å². The van der Waals surface area contributed by atoms with E-state index in [-0.39, 0.29) is 19.0 Å². The Labute approximate surface area is 156 Å². The summed E-state index contributed by atoms with van der Waals surface area (Å²) in [4.78, 5) is 0. The monoisotopic (exact) mass is 358 g/mol. The second-order valence-corrected chi connectivity index (χ2v) is 5.74. The second-order valence-electron chi connectivity index (χ2n) is 5.74. The molecule has 3 aromatic rings. The van der Waals surface area contributed by atoms with Crippen LogP contribution in [0.3, 0.4) is 0 Å². The highest BCUT2D eigenvalue weighted by Gasteiger charge is 2.10. The Morgan fingerprint density at radius 3 is 1.44 bits per heavy atom. The Balaban J connectivity index is 1.64. The number of halogens is 1. The van der Waals surface area contributed by atoms with E-state index in [0.29, 0.717) is 33.8 Å². The quantitative estimate of drug-likeness (QED) is 0.639. The van der Waals surface area contributed by atoms with E-state index in [2.05, 4.69) is 0 Å². The van der Waals surface area contributed by atoms with Crippen LogP contribution in [0.15, 0.2) is 66.7 Å². The molecule has 0 saturated carbocycles. The van der Waals surface area contributed by atoms with Gasteiger partial charge in [-0.25, -0.2) is 4.39 Å². The van der Waals surface area contributed by atoms with Crippen molar-refractivity contribution in [1.29, 1.82) is 10.5 Å². The molecule has 4 nitrogen and oxygen atoms in total. The van der Waals surface area contributed by atoms with Crippen LogP contribution in [0.2, 0.25) is 0 Å². The molecule has 27 heavy (non-hydrogen) atoms. The molecule has 0 unspecified atom stereocenters. The number of ether oxygens (including phenoxy) is 2. The number of nitriles is 2. The molecule has 0 bridgehead atoms. The van der Waals surface area contributed by atoms with Crippen molar-refractivity contribution in [2.45, 2.75) is 13.2 Å². The minimum atomic E-state index is -0.375. The van der Waals surface area contributed by atoms with Crippen molar-refractivity contribution in [3.8, 4) is 23.6 Å². The predicted octanol–water partition coefficient (Wildman–Crippen LogP) is 4.73. The molecule has 0 aliphatic heterocycles. The molecule has 0 aromatic heterocycles. The summed E-state index contributed by atoms with van der Waals surface area (Å²) in [7, 11) is 0. The standard InChI is InChI=1S/C22H15FN2O2/c23-22-18(14-26-20-8-4-16(12-24)5-9-20)2-1-3-19(22)15-27-21-10-6-17(13-25)7-11-21/h1-11H,14-15H2. The molecule has 0 aliphatic carbocycles. The summed E-state index contributed by atoms with van der Waals surface area (Å²) in [6.45, 7) is 0.144. The Morgan fingerprint density at radius 2 is 1.07 bits per heavy atom. The fraction of sp³-hybridized carbons (Fsp3) is 0.0909. The van der Waals surface area contributed by atoms with E-state index in [1.165, 1.54) is 0 Å². The summed E-state index contributed by atoms with van der Waals surface area (Å²) in [6.07, 6.45) is 0. The van der Waals surface area contributed by atoms with E-state index in [0.717, 1.165) is 0 Å². The van der Waals surface area contributed by atoms with Gasteiger partial charge in [0, 0.05) is 11.1 Å². The molecule has 0 atom stereocenters. The van der Waals surface area contributed by atoms with Gasteiger partial charge in [-0.3, -0.25) is 0 Å². The highest BCUT2D eigenvalue weighted by molar-refractivity contribution is 5.36. The van der Waals surface area contributed by atoms with E-state index < -0.39 is 0 Å². The summed E-state index contributed by atoms with van der Waals surface area (Å²) >= 11 is 0. The fourth-order valence-corrected chi connectivity index (χ4v) is 2.43. The lowest BCUT2D eigenvalue weighted by atomic mass is 10.1. The van der Waals surface area contributed by atoms with Crippen molar-refractivity contribution >= 4 is 0 Å². The van der Waals surface area contributed by atoms with Crippen LogP contribution < -0.4 is 9.47 Å². The number of hydrogen-bond acceptors (Lipinski definition) is 4. The average molecular weight is 358 g/mol. The molecule has 0 amide bonds. The Hall–Kier alpha value is -3.83. The maximum atomic E-state index is 14.7. The van der Waals surface area contributed by atoms with Crippen LogP contribution >= 0.6 is 0 Å². The molecule has 0 fully saturated rings. The van der Waals surface area contributed by atoms with Gasteiger partial charge in [-0.2, -0.15) is 10.5 Å². The topological polar surface area (TPSA) is 66.0 Å². The fourth-order valence-electron chi connectivity index (χ4n) is 2.43.